The van der Waals surface area contributed by atoms with E-state index in [1.807, 2.05) is 6.07 Å². The summed E-state index contributed by atoms with van der Waals surface area (Å²) in [6.45, 7) is 6.86. The first-order chi connectivity index (χ1) is 19.4. The number of likely N-dealkylation sites (N-methyl/N-ethyl adjacent to an activating group) is 1. The SMILES string of the molecule is C=CC(=O)N1CCN(c2nc(OCC3CCCN3C)nc3c2CCC2(CCc4ccc(F)cc42)C3)CC1CC#N. The summed E-state index contributed by atoms with van der Waals surface area (Å²) in [7, 11) is 2.12. The fourth-order valence-corrected chi connectivity index (χ4v) is 7.30. The number of rotatable bonds is 6. The predicted octanol–water partition coefficient (Wildman–Crippen LogP) is 3.58. The van der Waals surface area contributed by atoms with Crippen LogP contribution in [0, 0.1) is 17.1 Å². The molecule has 2 fully saturated rings. The van der Waals surface area contributed by atoms with Crippen molar-refractivity contribution in [3.63, 3.8) is 0 Å². The summed E-state index contributed by atoms with van der Waals surface area (Å²) in [5, 5.41) is 9.49. The lowest BCUT2D eigenvalue weighted by atomic mass is 9.69. The van der Waals surface area contributed by atoms with E-state index in [0.29, 0.717) is 38.3 Å². The maximum absolute atomic E-state index is 14.3. The Morgan fingerprint density at radius 1 is 1.25 bits per heavy atom. The lowest BCUT2D eigenvalue weighted by Gasteiger charge is -2.42. The van der Waals surface area contributed by atoms with Crippen molar-refractivity contribution in [2.24, 2.45) is 0 Å². The first-order valence-electron chi connectivity index (χ1n) is 14.5. The quantitative estimate of drug-likeness (QED) is 0.514. The van der Waals surface area contributed by atoms with Crippen molar-refractivity contribution in [2.45, 2.75) is 68.9 Å². The third-order valence-corrected chi connectivity index (χ3v) is 9.57. The van der Waals surface area contributed by atoms with Crippen molar-refractivity contribution in [2.75, 3.05) is 44.7 Å². The number of nitrogens with zero attached hydrogens (tertiary/aromatic N) is 6. The summed E-state index contributed by atoms with van der Waals surface area (Å²) in [6, 6.07) is 7.95. The number of halogens is 1. The van der Waals surface area contributed by atoms with Gasteiger partial charge < -0.3 is 19.4 Å². The van der Waals surface area contributed by atoms with Crippen LogP contribution in [0.15, 0.2) is 30.9 Å². The number of ether oxygens (including phenoxy) is 1. The smallest absolute Gasteiger partial charge is 0.318 e. The zero-order valence-electron chi connectivity index (χ0n) is 23.2. The molecular weight excluding hydrogens is 507 g/mol. The molecule has 2 aliphatic heterocycles. The third-order valence-electron chi connectivity index (χ3n) is 9.57. The van der Waals surface area contributed by atoms with E-state index in [-0.39, 0.29) is 29.6 Å². The highest BCUT2D eigenvalue weighted by Crippen LogP contribution is 2.49. The van der Waals surface area contributed by atoms with E-state index in [9.17, 15) is 14.4 Å². The number of piperazine rings is 1. The molecule has 2 aliphatic carbocycles. The average molecular weight is 545 g/mol. The van der Waals surface area contributed by atoms with Crippen molar-refractivity contribution >= 4 is 11.7 Å². The highest BCUT2D eigenvalue weighted by atomic mass is 19.1. The molecule has 3 atom stereocenters. The van der Waals surface area contributed by atoms with E-state index >= 15 is 0 Å². The monoisotopic (exact) mass is 544 g/mol. The Kier molecular flexibility index (Phi) is 7.22. The molecular formula is C31H37FN6O2. The van der Waals surface area contributed by atoms with Crippen molar-refractivity contribution in [3.05, 3.63) is 59.1 Å². The van der Waals surface area contributed by atoms with Gasteiger partial charge in [0, 0.05) is 36.7 Å². The van der Waals surface area contributed by atoms with Crippen LogP contribution in [-0.2, 0) is 29.5 Å². The fourth-order valence-electron chi connectivity index (χ4n) is 7.30. The lowest BCUT2D eigenvalue weighted by molar-refractivity contribution is -0.128. The number of aromatic nitrogens is 2. The summed E-state index contributed by atoms with van der Waals surface area (Å²) in [5.74, 6) is 0.513. The van der Waals surface area contributed by atoms with Crippen LogP contribution in [0.5, 0.6) is 6.01 Å². The van der Waals surface area contributed by atoms with Crippen LogP contribution in [0.4, 0.5) is 10.2 Å². The van der Waals surface area contributed by atoms with Gasteiger partial charge in [-0.15, -0.1) is 0 Å². The second-order valence-corrected chi connectivity index (χ2v) is 11.8. The Morgan fingerprint density at radius 3 is 2.88 bits per heavy atom. The zero-order chi connectivity index (χ0) is 27.9. The fraction of sp³-hybridized carbons (Fsp3) is 0.548. The van der Waals surface area contributed by atoms with E-state index in [4.69, 9.17) is 14.7 Å². The Balaban J connectivity index is 1.34. The first-order valence-corrected chi connectivity index (χ1v) is 14.5. The Morgan fingerprint density at radius 2 is 2.10 bits per heavy atom. The number of carbonyl (C=O) groups is 1. The molecule has 8 nitrogen and oxygen atoms in total. The number of nitriles is 1. The molecule has 3 unspecified atom stereocenters. The van der Waals surface area contributed by atoms with Crippen LogP contribution in [-0.4, -0.2) is 77.6 Å². The highest BCUT2D eigenvalue weighted by Gasteiger charge is 2.44. The summed E-state index contributed by atoms with van der Waals surface area (Å²) >= 11 is 0. The largest absolute Gasteiger partial charge is 0.462 e. The van der Waals surface area contributed by atoms with Crippen LogP contribution in [0.1, 0.15) is 54.5 Å². The number of aryl methyl sites for hydroxylation is 1. The molecule has 9 heteroatoms. The highest BCUT2D eigenvalue weighted by molar-refractivity contribution is 5.87. The number of hydrogen-bond donors (Lipinski definition) is 0. The molecule has 4 aliphatic rings. The van der Waals surface area contributed by atoms with Crippen LogP contribution in [0.2, 0.25) is 0 Å². The lowest BCUT2D eigenvalue weighted by Crippen LogP contribution is -2.55. The molecule has 0 bridgehead atoms. The molecule has 1 spiro atoms. The Hall–Kier alpha value is -3.51. The number of anilines is 1. The summed E-state index contributed by atoms with van der Waals surface area (Å²) in [6.07, 6.45) is 8.19. The van der Waals surface area contributed by atoms with E-state index in [1.54, 1.807) is 17.0 Å². The molecule has 3 heterocycles. The molecule has 1 aromatic carbocycles. The van der Waals surface area contributed by atoms with E-state index < -0.39 is 0 Å². The molecule has 2 saturated heterocycles. The number of likely N-dealkylation sites (tertiary alicyclic amines) is 1. The van der Waals surface area contributed by atoms with E-state index in [2.05, 4.69) is 29.5 Å². The minimum Gasteiger partial charge on any atom is -0.462 e. The van der Waals surface area contributed by atoms with Crippen molar-refractivity contribution in [1.82, 2.24) is 19.8 Å². The van der Waals surface area contributed by atoms with Crippen LogP contribution in [0.3, 0.4) is 0 Å². The average Bonchev–Trinajstić information content (AvgIpc) is 3.53. The van der Waals surface area contributed by atoms with Gasteiger partial charge >= 0.3 is 6.01 Å². The minimum atomic E-state index is -0.244. The van der Waals surface area contributed by atoms with E-state index in [0.717, 1.165) is 74.1 Å². The summed E-state index contributed by atoms with van der Waals surface area (Å²) < 4.78 is 20.6. The topological polar surface area (TPSA) is 85.6 Å². The second-order valence-electron chi connectivity index (χ2n) is 11.8. The van der Waals surface area contributed by atoms with Gasteiger partial charge in [-0.3, -0.25) is 4.79 Å². The maximum atomic E-state index is 14.3. The van der Waals surface area contributed by atoms with Gasteiger partial charge in [0.05, 0.1) is 24.2 Å². The molecule has 210 valence electrons. The van der Waals surface area contributed by atoms with Gasteiger partial charge in [-0.2, -0.15) is 15.2 Å². The molecule has 0 saturated carbocycles. The van der Waals surface area contributed by atoms with Gasteiger partial charge in [0.1, 0.15) is 18.2 Å². The number of fused-ring (bicyclic) bond motifs is 3. The minimum absolute atomic E-state index is 0.128. The zero-order valence-corrected chi connectivity index (χ0v) is 23.2. The number of carbonyl (C=O) groups excluding carboxylic acids is 1. The second kappa shape index (κ2) is 10.8. The van der Waals surface area contributed by atoms with Crippen LogP contribution < -0.4 is 9.64 Å². The van der Waals surface area contributed by atoms with Gasteiger partial charge in [0.25, 0.3) is 0 Å². The Labute approximate surface area is 235 Å². The van der Waals surface area contributed by atoms with Crippen molar-refractivity contribution < 1.29 is 13.9 Å². The van der Waals surface area contributed by atoms with Crippen LogP contribution in [0.25, 0.3) is 0 Å². The molecule has 0 N–H and O–H groups in total. The molecule has 1 amide bonds. The van der Waals surface area contributed by atoms with Crippen LogP contribution >= 0.6 is 0 Å². The third kappa shape index (κ3) is 4.83. The maximum Gasteiger partial charge on any atom is 0.318 e. The summed E-state index contributed by atoms with van der Waals surface area (Å²) in [4.78, 5) is 28.7. The first kappa shape index (κ1) is 26.7. The van der Waals surface area contributed by atoms with Gasteiger partial charge in [-0.25, -0.2) is 4.39 Å². The molecule has 40 heavy (non-hydrogen) atoms. The van der Waals surface area contributed by atoms with E-state index in [1.165, 1.54) is 11.6 Å². The standard InChI is InChI=1S/C31H37FN6O2/c1-3-28(39)38-16-15-37(19-23(38)10-13-33)29-25-9-12-31(11-8-21-6-7-22(32)17-26(21)31)18-27(25)34-30(35-29)40-20-24-5-4-14-36(24)2/h3,6-7,17,23-24H,1,4-5,8-12,14-16,18-20H2,2H3. The number of benzene rings is 1. The molecule has 1 aromatic heterocycles. The molecule has 2 aromatic rings. The van der Waals surface area contributed by atoms with Gasteiger partial charge in [0.15, 0.2) is 0 Å². The summed E-state index contributed by atoms with van der Waals surface area (Å²) in [5.41, 5.74) is 4.32. The normalized spacial score (nSPS) is 25.9. The van der Waals surface area contributed by atoms with Crippen molar-refractivity contribution in [1.29, 1.82) is 5.26 Å². The number of hydrogen-bond acceptors (Lipinski definition) is 7. The predicted molar refractivity (Wildman–Crippen MR) is 150 cm³/mol. The molecule has 0 radical (unpaired) electrons. The van der Waals surface area contributed by atoms with Crippen molar-refractivity contribution in [3.8, 4) is 12.1 Å². The van der Waals surface area contributed by atoms with Gasteiger partial charge in [-0.1, -0.05) is 12.6 Å². The molecule has 6 rings (SSSR count). The Bertz CT molecular complexity index is 1360. The number of amides is 1. The van der Waals surface area contributed by atoms with Gasteiger partial charge in [-0.05, 0) is 87.9 Å². The van der Waals surface area contributed by atoms with Gasteiger partial charge in [0.2, 0.25) is 5.91 Å².